The van der Waals surface area contributed by atoms with Gasteiger partial charge in [0.15, 0.2) is 0 Å². The molecule has 7 nitrogen and oxygen atoms in total. The van der Waals surface area contributed by atoms with Crippen LogP contribution in [0.3, 0.4) is 0 Å². The van der Waals surface area contributed by atoms with E-state index in [1.54, 1.807) is 18.5 Å². The number of H-pyrrole nitrogens is 1. The number of aromatic amines is 1. The number of aliphatic hydroxyl groups is 1. The Bertz CT molecular complexity index is 1090. The van der Waals surface area contributed by atoms with Crippen molar-refractivity contribution < 1.29 is 14.3 Å². The number of nitrogens with zero attached hydrogens (tertiary/aromatic N) is 2. The summed E-state index contributed by atoms with van der Waals surface area (Å²) >= 11 is 5.79. The van der Waals surface area contributed by atoms with Crippen molar-refractivity contribution in [2.45, 2.75) is 19.4 Å². The van der Waals surface area contributed by atoms with Gasteiger partial charge in [-0.1, -0.05) is 11.6 Å². The number of halogens is 2. The molecule has 1 aromatic carbocycles. The van der Waals surface area contributed by atoms with Crippen molar-refractivity contribution in [3.05, 3.63) is 69.6 Å². The average molecular weight is 419 g/mol. The number of nitrogens with one attached hydrogen (secondary N) is 2. The molecular weight excluding hydrogens is 399 g/mol. The zero-order chi connectivity index (χ0) is 21.0. The number of aromatic nitrogens is 2. The third-order valence-electron chi connectivity index (χ3n) is 4.64. The topological polar surface area (TPSA) is 98.3 Å². The Morgan fingerprint density at radius 3 is 2.90 bits per heavy atom. The highest BCUT2D eigenvalue weighted by atomic mass is 35.5. The van der Waals surface area contributed by atoms with E-state index < -0.39 is 17.9 Å². The van der Waals surface area contributed by atoms with Gasteiger partial charge in [-0.3, -0.25) is 9.78 Å². The molecule has 0 saturated heterocycles. The van der Waals surface area contributed by atoms with E-state index in [0.29, 0.717) is 22.9 Å². The van der Waals surface area contributed by atoms with Gasteiger partial charge in [0, 0.05) is 37.4 Å². The van der Waals surface area contributed by atoms with Crippen molar-refractivity contribution in [2.24, 2.45) is 0 Å². The molecule has 0 aliphatic carbocycles. The van der Waals surface area contributed by atoms with Gasteiger partial charge < -0.3 is 20.3 Å². The van der Waals surface area contributed by atoms with Crippen LogP contribution in [0.5, 0.6) is 0 Å². The van der Waals surface area contributed by atoms with E-state index >= 15 is 0 Å². The van der Waals surface area contributed by atoms with Crippen molar-refractivity contribution in [3.63, 3.8) is 0 Å². The van der Waals surface area contributed by atoms with Crippen LogP contribution in [-0.2, 0) is 0 Å². The largest absolute Gasteiger partial charge is 0.396 e. The number of fused-ring (bicyclic) bond motifs is 1. The normalized spacial score (nSPS) is 12.0. The van der Waals surface area contributed by atoms with Crippen LogP contribution in [0.25, 0.3) is 10.8 Å². The predicted octanol–water partition coefficient (Wildman–Crippen LogP) is 3.69. The van der Waals surface area contributed by atoms with Crippen molar-refractivity contribution in [1.82, 2.24) is 14.9 Å². The number of rotatable bonds is 6. The van der Waals surface area contributed by atoms with E-state index in [1.165, 1.54) is 29.3 Å². The van der Waals surface area contributed by atoms with E-state index in [4.69, 9.17) is 11.6 Å². The van der Waals surface area contributed by atoms with Crippen molar-refractivity contribution in [2.75, 3.05) is 18.5 Å². The Kier molecular flexibility index (Phi) is 6.46. The monoisotopic (exact) mass is 418 g/mol. The minimum absolute atomic E-state index is 0.0881. The van der Waals surface area contributed by atoms with E-state index in [1.807, 2.05) is 6.92 Å². The number of hydrogen-bond acceptors (Lipinski definition) is 4. The maximum absolute atomic E-state index is 13.4. The standard InChI is InChI=1S/C20H20ClFN4O3/c1-12(15-11-24-19(28)16-10-23-6-5-14(15)16)26(7-2-8-27)20(29)25-13-3-4-18(22)17(21)9-13/h3-6,9-12,27H,2,7-8H2,1H3,(H,24,28)(H,25,29). The first-order valence-electron chi connectivity index (χ1n) is 9.01. The molecule has 29 heavy (non-hydrogen) atoms. The Balaban J connectivity index is 1.93. The average Bonchev–Trinajstić information content (AvgIpc) is 2.71. The lowest BCUT2D eigenvalue weighted by molar-refractivity contribution is 0.182. The first-order chi connectivity index (χ1) is 13.9. The Labute approximate surface area is 171 Å². The molecule has 2 amide bonds. The lowest BCUT2D eigenvalue weighted by Gasteiger charge is -2.30. The highest BCUT2D eigenvalue weighted by Gasteiger charge is 2.23. The quantitative estimate of drug-likeness (QED) is 0.568. The molecule has 1 atom stereocenters. The summed E-state index contributed by atoms with van der Waals surface area (Å²) in [5.41, 5.74) is 0.807. The molecule has 2 heterocycles. The second-order valence-electron chi connectivity index (χ2n) is 6.50. The number of pyridine rings is 2. The van der Waals surface area contributed by atoms with Crippen molar-refractivity contribution >= 4 is 34.1 Å². The van der Waals surface area contributed by atoms with Crippen LogP contribution in [0.4, 0.5) is 14.9 Å². The van der Waals surface area contributed by atoms with Crippen LogP contribution in [0.1, 0.15) is 24.9 Å². The summed E-state index contributed by atoms with van der Waals surface area (Å²) in [5.74, 6) is -0.580. The minimum Gasteiger partial charge on any atom is -0.396 e. The van der Waals surface area contributed by atoms with Gasteiger partial charge in [0.2, 0.25) is 0 Å². The minimum atomic E-state index is -0.580. The van der Waals surface area contributed by atoms with Gasteiger partial charge in [0.1, 0.15) is 5.82 Å². The molecule has 2 aromatic heterocycles. The molecule has 0 radical (unpaired) electrons. The molecule has 3 aromatic rings. The number of urea groups is 1. The summed E-state index contributed by atoms with van der Waals surface area (Å²) in [4.78, 5) is 33.2. The number of carbonyl (C=O) groups is 1. The van der Waals surface area contributed by atoms with Crippen LogP contribution >= 0.6 is 11.6 Å². The molecule has 0 spiro atoms. The van der Waals surface area contributed by atoms with Crippen molar-refractivity contribution in [1.29, 1.82) is 0 Å². The van der Waals surface area contributed by atoms with E-state index in [9.17, 15) is 19.1 Å². The molecular formula is C20H20ClFN4O3. The lowest BCUT2D eigenvalue weighted by Crippen LogP contribution is -2.38. The summed E-state index contributed by atoms with van der Waals surface area (Å²) in [6, 6.07) is 4.75. The lowest BCUT2D eigenvalue weighted by atomic mass is 10.0. The number of amides is 2. The summed E-state index contributed by atoms with van der Waals surface area (Å²) in [6.07, 6.45) is 4.99. The van der Waals surface area contributed by atoms with Crippen LogP contribution in [0.2, 0.25) is 5.02 Å². The summed E-state index contributed by atoms with van der Waals surface area (Å²) in [5, 5.41) is 12.9. The Morgan fingerprint density at radius 2 is 2.17 bits per heavy atom. The predicted molar refractivity (Wildman–Crippen MR) is 110 cm³/mol. The summed E-state index contributed by atoms with van der Waals surface area (Å²) in [6.45, 7) is 2.00. The fourth-order valence-corrected chi connectivity index (χ4v) is 3.30. The van der Waals surface area contributed by atoms with Crippen LogP contribution in [0.15, 0.2) is 47.7 Å². The smallest absolute Gasteiger partial charge is 0.322 e. The van der Waals surface area contributed by atoms with Crippen molar-refractivity contribution in [3.8, 4) is 0 Å². The molecule has 9 heteroatoms. The Hall–Kier alpha value is -2.97. The molecule has 1 unspecified atom stereocenters. The molecule has 0 aliphatic heterocycles. The molecule has 0 aliphatic rings. The van der Waals surface area contributed by atoms with Gasteiger partial charge in [0.05, 0.1) is 16.5 Å². The zero-order valence-electron chi connectivity index (χ0n) is 15.7. The summed E-state index contributed by atoms with van der Waals surface area (Å²) in [7, 11) is 0. The molecule has 3 rings (SSSR count). The molecule has 0 fully saturated rings. The number of benzene rings is 1. The third kappa shape index (κ3) is 4.55. The fourth-order valence-electron chi connectivity index (χ4n) is 3.12. The maximum Gasteiger partial charge on any atom is 0.322 e. The second-order valence-corrected chi connectivity index (χ2v) is 6.91. The SMILES string of the molecule is CC(c1c[nH]c(=O)c2cnccc12)N(CCCO)C(=O)Nc1ccc(F)c(Cl)c1. The number of aliphatic hydroxyl groups excluding tert-OH is 1. The highest BCUT2D eigenvalue weighted by Crippen LogP contribution is 2.27. The van der Waals surface area contributed by atoms with Crippen LogP contribution in [0, 0.1) is 5.82 Å². The molecule has 0 bridgehead atoms. The molecule has 152 valence electrons. The highest BCUT2D eigenvalue weighted by molar-refractivity contribution is 6.31. The van der Waals surface area contributed by atoms with Gasteiger partial charge in [-0.25, -0.2) is 9.18 Å². The molecule has 0 saturated carbocycles. The Morgan fingerprint density at radius 1 is 1.38 bits per heavy atom. The third-order valence-corrected chi connectivity index (χ3v) is 4.93. The van der Waals surface area contributed by atoms with E-state index in [-0.39, 0.29) is 23.7 Å². The van der Waals surface area contributed by atoms with Gasteiger partial charge in [-0.2, -0.15) is 0 Å². The van der Waals surface area contributed by atoms with Gasteiger partial charge >= 0.3 is 6.03 Å². The van der Waals surface area contributed by atoms with Crippen LogP contribution < -0.4 is 10.9 Å². The van der Waals surface area contributed by atoms with Gasteiger partial charge in [-0.15, -0.1) is 0 Å². The second kappa shape index (κ2) is 9.02. The first-order valence-corrected chi connectivity index (χ1v) is 9.39. The number of anilines is 1. The number of hydrogen-bond donors (Lipinski definition) is 3. The fraction of sp³-hybridized carbons (Fsp3) is 0.250. The zero-order valence-corrected chi connectivity index (χ0v) is 16.4. The summed E-state index contributed by atoms with van der Waals surface area (Å²) < 4.78 is 13.4. The molecule has 3 N–H and O–H groups in total. The van der Waals surface area contributed by atoms with Crippen LogP contribution in [-0.4, -0.2) is 39.2 Å². The van der Waals surface area contributed by atoms with Gasteiger partial charge in [0.25, 0.3) is 5.56 Å². The van der Waals surface area contributed by atoms with E-state index in [0.717, 1.165) is 5.56 Å². The maximum atomic E-state index is 13.4. The van der Waals surface area contributed by atoms with Gasteiger partial charge in [-0.05, 0) is 48.6 Å². The number of carbonyl (C=O) groups excluding carboxylic acids is 1. The first kappa shape index (κ1) is 20.8. The van der Waals surface area contributed by atoms with E-state index in [2.05, 4.69) is 15.3 Å².